The highest BCUT2D eigenvalue weighted by molar-refractivity contribution is 7.10. The number of rotatable bonds is 2. The van der Waals surface area contributed by atoms with E-state index in [2.05, 4.69) is 10.9 Å². The van der Waals surface area contributed by atoms with Gasteiger partial charge in [-0.3, -0.25) is 20.4 Å². The largest absolute Gasteiger partial charge is 0.274 e. The lowest BCUT2D eigenvalue weighted by molar-refractivity contribution is -0.127. The maximum Gasteiger partial charge on any atom is 0.243 e. The normalized spacial score (nSPS) is 9.31. The van der Waals surface area contributed by atoms with Crippen molar-refractivity contribution in [3.8, 4) is 0 Å². The Morgan fingerprint density at radius 1 is 1.46 bits per heavy atom. The maximum absolute atomic E-state index is 11.1. The number of nitrogens with one attached hydrogen (secondary N) is 2. The Labute approximate surface area is 79.9 Å². The molecular weight excluding hydrogens is 188 g/mol. The number of hydrogen-bond acceptors (Lipinski definition) is 3. The SMILES string of the molecule is CC(=O)NNC(=O)Cc1cccs1. The lowest BCUT2D eigenvalue weighted by atomic mass is 10.3. The lowest BCUT2D eigenvalue weighted by Crippen LogP contribution is -2.41. The van der Waals surface area contributed by atoms with E-state index in [0.717, 1.165) is 4.88 Å². The standard InChI is InChI=1S/C8H10N2O2S/c1-6(11)9-10-8(12)5-7-3-2-4-13-7/h2-4H,5H2,1H3,(H,9,11)(H,10,12). The Hall–Kier alpha value is -1.36. The second kappa shape index (κ2) is 4.61. The molecule has 0 saturated carbocycles. The fraction of sp³-hybridized carbons (Fsp3) is 0.250. The summed E-state index contributed by atoms with van der Waals surface area (Å²) in [5, 5.41) is 1.90. The van der Waals surface area contributed by atoms with Crippen LogP contribution in [0.3, 0.4) is 0 Å². The zero-order chi connectivity index (χ0) is 9.68. The van der Waals surface area contributed by atoms with Gasteiger partial charge >= 0.3 is 0 Å². The molecule has 1 aromatic heterocycles. The van der Waals surface area contributed by atoms with Crippen LogP contribution in [0.15, 0.2) is 17.5 Å². The molecule has 2 N–H and O–H groups in total. The van der Waals surface area contributed by atoms with Crippen molar-refractivity contribution >= 4 is 23.2 Å². The van der Waals surface area contributed by atoms with Gasteiger partial charge in [0, 0.05) is 11.8 Å². The van der Waals surface area contributed by atoms with Gasteiger partial charge in [-0.05, 0) is 11.4 Å². The molecule has 4 nitrogen and oxygen atoms in total. The molecule has 1 rings (SSSR count). The van der Waals surface area contributed by atoms with Gasteiger partial charge in [0.05, 0.1) is 6.42 Å². The van der Waals surface area contributed by atoms with E-state index < -0.39 is 0 Å². The molecule has 0 aliphatic rings. The van der Waals surface area contributed by atoms with Crippen molar-refractivity contribution in [2.75, 3.05) is 0 Å². The first-order chi connectivity index (χ1) is 6.18. The van der Waals surface area contributed by atoms with Gasteiger partial charge < -0.3 is 0 Å². The first kappa shape index (κ1) is 9.73. The van der Waals surface area contributed by atoms with E-state index in [-0.39, 0.29) is 11.8 Å². The Kier molecular flexibility index (Phi) is 3.45. The summed E-state index contributed by atoms with van der Waals surface area (Å²) >= 11 is 1.51. The van der Waals surface area contributed by atoms with Crippen LogP contribution in [0.25, 0.3) is 0 Å². The third kappa shape index (κ3) is 3.71. The van der Waals surface area contributed by atoms with Crippen LogP contribution in [0.1, 0.15) is 11.8 Å². The predicted molar refractivity (Wildman–Crippen MR) is 50.0 cm³/mol. The molecular formula is C8H10N2O2S. The zero-order valence-corrected chi connectivity index (χ0v) is 7.98. The maximum atomic E-state index is 11.1. The summed E-state index contributed by atoms with van der Waals surface area (Å²) < 4.78 is 0. The van der Waals surface area contributed by atoms with Gasteiger partial charge in [-0.15, -0.1) is 11.3 Å². The van der Waals surface area contributed by atoms with Crippen molar-refractivity contribution in [1.82, 2.24) is 10.9 Å². The molecule has 70 valence electrons. The van der Waals surface area contributed by atoms with E-state index in [1.54, 1.807) is 0 Å². The Morgan fingerprint density at radius 3 is 2.77 bits per heavy atom. The summed E-state index contributed by atoms with van der Waals surface area (Å²) in [6, 6.07) is 3.75. The molecule has 0 unspecified atom stereocenters. The van der Waals surface area contributed by atoms with Crippen molar-refractivity contribution in [1.29, 1.82) is 0 Å². The minimum absolute atomic E-state index is 0.211. The smallest absolute Gasteiger partial charge is 0.243 e. The summed E-state index contributed by atoms with van der Waals surface area (Å²) in [5.41, 5.74) is 4.51. The Balaban J connectivity index is 2.30. The fourth-order valence-electron chi connectivity index (χ4n) is 0.773. The zero-order valence-electron chi connectivity index (χ0n) is 7.16. The number of amides is 2. The van der Waals surface area contributed by atoms with E-state index in [9.17, 15) is 9.59 Å². The molecule has 2 amide bonds. The Morgan fingerprint density at radius 2 is 2.23 bits per heavy atom. The first-order valence-electron chi connectivity index (χ1n) is 3.76. The van der Waals surface area contributed by atoms with Crippen molar-refractivity contribution < 1.29 is 9.59 Å². The molecule has 0 fully saturated rings. The molecule has 0 atom stereocenters. The van der Waals surface area contributed by atoms with Gasteiger partial charge in [0.15, 0.2) is 0 Å². The van der Waals surface area contributed by atoms with Crippen LogP contribution in [0.5, 0.6) is 0 Å². The molecule has 0 spiro atoms. The monoisotopic (exact) mass is 198 g/mol. The molecule has 0 aromatic carbocycles. The minimum atomic E-state index is -0.278. The van der Waals surface area contributed by atoms with E-state index in [1.165, 1.54) is 18.3 Å². The number of carbonyl (C=O) groups excluding carboxylic acids is 2. The molecule has 5 heteroatoms. The highest BCUT2D eigenvalue weighted by atomic mass is 32.1. The van der Waals surface area contributed by atoms with Gasteiger partial charge in [0.2, 0.25) is 11.8 Å². The third-order valence-corrected chi connectivity index (χ3v) is 2.17. The molecule has 0 radical (unpaired) electrons. The van der Waals surface area contributed by atoms with Crippen molar-refractivity contribution in [3.05, 3.63) is 22.4 Å². The average molecular weight is 198 g/mol. The molecule has 13 heavy (non-hydrogen) atoms. The second-order valence-electron chi connectivity index (χ2n) is 2.49. The van der Waals surface area contributed by atoms with Crippen LogP contribution < -0.4 is 10.9 Å². The summed E-state index contributed by atoms with van der Waals surface area (Å²) in [6.07, 6.45) is 0.304. The van der Waals surface area contributed by atoms with Gasteiger partial charge in [0.1, 0.15) is 0 Å². The average Bonchev–Trinajstić information content (AvgIpc) is 2.53. The molecule has 0 saturated heterocycles. The summed E-state index contributed by atoms with van der Waals surface area (Å²) in [6.45, 7) is 1.34. The van der Waals surface area contributed by atoms with Crippen LogP contribution in [0, 0.1) is 0 Å². The van der Waals surface area contributed by atoms with Crippen LogP contribution in [0.4, 0.5) is 0 Å². The Bertz CT molecular complexity index is 295. The first-order valence-corrected chi connectivity index (χ1v) is 4.64. The second-order valence-corrected chi connectivity index (χ2v) is 3.52. The molecule has 0 bridgehead atoms. The number of thiophene rings is 1. The van der Waals surface area contributed by atoms with Crippen molar-refractivity contribution in [3.63, 3.8) is 0 Å². The highest BCUT2D eigenvalue weighted by Crippen LogP contribution is 2.08. The number of carbonyl (C=O) groups is 2. The molecule has 0 aliphatic carbocycles. The van der Waals surface area contributed by atoms with E-state index in [1.807, 2.05) is 17.5 Å². The summed E-state index contributed by atoms with van der Waals surface area (Å²) in [7, 11) is 0. The molecule has 1 heterocycles. The number of hydrogen-bond donors (Lipinski definition) is 2. The van der Waals surface area contributed by atoms with Crippen molar-refractivity contribution in [2.45, 2.75) is 13.3 Å². The molecule has 0 aliphatic heterocycles. The minimum Gasteiger partial charge on any atom is -0.274 e. The quantitative estimate of drug-likeness (QED) is 0.678. The van der Waals surface area contributed by atoms with Gasteiger partial charge in [-0.1, -0.05) is 6.07 Å². The van der Waals surface area contributed by atoms with E-state index in [0.29, 0.717) is 6.42 Å². The van der Waals surface area contributed by atoms with Crippen LogP contribution >= 0.6 is 11.3 Å². The van der Waals surface area contributed by atoms with Gasteiger partial charge in [-0.25, -0.2) is 0 Å². The van der Waals surface area contributed by atoms with E-state index >= 15 is 0 Å². The molecule has 1 aromatic rings. The van der Waals surface area contributed by atoms with Crippen molar-refractivity contribution in [2.24, 2.45) is 0 Å². The van der Waals surface area contributed by atoms with E-state index in [4.69, 9.17) is 0 Å². The van der Waals surface area contributed by atoms with Crippen LogP contribution in [0.2, 0.25) is 0 Å². The summed E-state index contributed by atoms with van der Waals surface area (Å²) in [5.74, 6) is -0.489. The summed E-state index contributed by atoms with van der Waals surface area (Å²) in [4.78, 5) is 22.5. The lowest BCUT2D eigenvalue weighted by Gasteiger charge is -2.02. The van der Waals surface area contributed by atoms with Crippen LogP contribution in [-0.4, -0.2) is 11.8 Å². The number of hydrazine groups is 1. The third-order valence-electron chi connectivity index (χ3n) is 1.29. The van der Waals surface area contributed by atoms with Gasteiger partial charge in [0.25, 0.3) is 0 Å². The highest BCUT2D eigenvalue weighted by Gasteiger charge is 2.03. The topological polar surface area (TPSA) is 58.2 Å². The van der Waals surface area contributed by atoms with Gasteiger partial charge in [-0.2, -0.15) is 0 Å². The van der Waals surface area contributed by atoms with Crippen LogP contribution in [-0.2, 0) is 16.0 Å². The predicted octanol–water partition coefficient (Wildman–Crippen LogP) is 0.458. The fourth-order valence-corrected chi connectivity index (χ4v) is 1.48.